The van der Waals surface area contributed by atoms with Crippen molar-refractivity contribution in [2.24, 2.45) is 0 Å². The van der Waals surface area contributed by atoms with Crippen molar-refractivity contribution in [3.63, 3.8) is 0 Å². The summed E-state index contributed by atoms with van der Waals surface area (Å²) in [5.41, 5.74) is 6.03. The van der Waals surface area contributed by atoms with E-state index in [4.69, 9.17) is 4.98 Å². The minimum Gasteiger partial charge on any atom is -0.308 e. The van der Waals surface area contributed by atoms with E-state index in [2.05, 4.69) is 83.5 Å². The number of hydrogen-bond acceptors (Lipinski definition) is 2. The Morgan fingerprint density at radius 1 is 1.00 bits per heavy atom. The van der Waals surface area contributed by atoms with Crippen LogP contribution in [-0.4, -0.2) is 39.5 Å². The lowest BCUT2D eigenvalue weighted by Crippen LogP contribution is -2.19. The van der Waals surface area contributed by atoms with Crippen molar-refractivity contribution in [2.45, 2.75) is 19.9 Å². The van der Waals surface area contributed by atoms with Crippen LogP contribution in [-0.2, 0) is 13.0 Å². The van der Waals surface area contributed by atoms with E-state index in [1.807, 2.05) is 6.07 Å². The summed E-state index contributed by atoms with van der Waals surface area (Å²) in [7, 11) is 4.22. The number of likely N-dealkylation sites (N-methyl/N-ethyl adjacent to an activating group) is 1. The van der Waals surface area contributed by atoms with Crippen LogP contribution in [0.3, 0.4) is 0 Å². The van der Waals surface area contributed by atoms with E-state index in [-0.39, 0.29) is 0 Å². The fourth-order valence-electron chi connectivity index (χ4n) is 3.31. The molecule has 0 amide bonds. The molecule has 2 aromatic carbocycles. The number of aryl methyl sites for hydroxylation is 1. The molecule has 0 unspecified atom stereocenters. The Morgan fingerprint density at radius 2 is 1.76 bits per heavy atom. The molecular weight excluding hydrogens is 308 g/mol. The molecule has 4 aromatic rings. The van der Waals surface area contributed by atoms with Crippen LogP contribution in [0.4, 0.5) is 0 Å². The van der Waals surface area contributed by atoms with Gasteiger partial charge < -0.3 is 9.47 Å². The Hall–Kier alpha value is -2.59. The summed E-state index contributed by atoms with van der Waals surface area (Å²) in [6.07, 6.45) is 3.29. The Bertz CT molecular complexity index is 1010. The molecule has 4 nitrogen and oxygen atoms in total. The van der Waals surface area contributed by atoms with E-state index in [9.17, 15) is 0 Å². The third-order valence-electron chi connectivity index (χ3n) is 4.79. The average Bonchev–Trinajstić information content (AvgIpc) is 3.16. The van der Waals surface area contributed by atoms with Crippen LogP contribution in [0.15, 0.2) is 54.7 Å². The summed E-state index contributed by atoms with van der Waals surface area (Å²) < 4.78 is 4.55. The molecule has 0 aliphatic carbocycles. The molecule has 2 heterocycles. The SMILES string of the molecule is CCc1ccc(-c2cn3c4ccccc4nc3n2CCN(C)C)cc1. The van der Waals surface area contributed by atoms with Crippen LogP contribution < -0.4 is 0 Å². The van der Waals surface area contributed by atoms with E-state index in [0.717, 1.165) is 36.3 Å². The van der Waals surface area contributed by atoms with Gasteiger partial charge in [-0.1, -0.05) is 43.3 Å². The zero-order chi connectivity index (χ0) is 17.4. The summed E-state index contributed by atoms with van der Waals surface area (Å²) in [5, 5.41) is 0. The monoisotopic (exact) mass is 332 g/mol. The van der Waals surface area contributed by atoms with Crippen molar-refractivity contribution >= 4 is 16.8 Å². The molecule has 128 valence electrons. The minimum atomic E-state index is 0.914. The number of imidazole rings is 2. The summed E-state index contributed by atoms with van der Waals surface area (Å²) >= 11 is 0. The van der Waals surface area contributed by atoms with E-state index >= 15 is 0 Å². The quantitative estimate of drug-likeness (QED) is 0.550. The number of rotatable bonds is 5. The number of para-hydroxylation sites is 2. The second-order valence-corrected chi connectivity index (χ2v) is 6.79. The number of aromatic nitrogens is 3. The molecule has 0 bridgehead atoms. The Balaban J connectivity index is 1.89. The smallest absolute Gasteiger partial charge is 0.215 e. The first-order valence-electron chi connectivity index (χ1n) is 8.87. The van der Waals surface area contributed by atoms with Gasteiger partial charge in [-0.25, -0.2) is 4.98 Å². The van der Waals surface area contributed by atoms with Gasteiger partial charge in [0.15, 0.2) is 0 Å². The maximum Gasteiger partial charge on any atom is 0.215 e. The second-order valence-electron chi connectivity index (χ2n) is 6.79. The van der Waals surface area contributed by atoms with E-state index in [1.54, 1.807) is 0 Å². The van der Waals surface area contributed by atoms with Crippen LogP contribution in [0, 0.1) is 0 Å². The molecule has 0 radical (unpaired) electrons. The lowest BCUT2D eigenvalue weighted by molar-refractivity contribution is 0.387. The molecule has 4 heteroatoms. The van der Waals surface area contributed by atoms with Gasteiger partial charge in [0.1, 0.15) is 0 Å². The molecule has 0 spiro atoms. The number of fused-ring (bicyclic) bond motifs is 3. The first kappa shape index (κ1) is 15.9. The lowest BCUT2D eigenvalue weighted by atomic mass is 10.1. The number of benzene rings is 2. The van der Waals surface area contributed by atoms with Gasteiger partial charge in [0.05, 0.1) is 16.7 Å². The summed E-state index contributed by atoms with van der Waals surface area (Å²) in [6.45, 7) is 4.08. The van der Waals surface area contributed by atoms with Crippen LogP contribution in [0.2, 0.25) is 0 Å². The molecule has 25 heavy (non-hydrogen) atoms. The number of hydrogen-bond donors (Lipinski definition) is 0. The third-order valence-corrected chi connectivity index (χ3v) is 4.79. The summed E-state index contributed by atoms with van der Waals surface area (Å²) in [6, 6.07) is 17.2. The molecule has 0 atom stereocenters. The normalized spacial score (nSPS) is 11.8. The molecule has 0 N–H and O–H groups in total. The van der Waals surface area contributed by atoms with Gasteiger partial charge >= 0.3 is 0 Å². The largest absolute Gasteiger partial charge is 0.308 e. The van der Waals surface area contributed by atoms with Crippen LogP contribution in [0.1, 0.15) is 12.5 Å². The van der Waals surface area contributed by atoms with Crippen molar-refractivity contribution < 1.29 is 0 Å². The third kappa shape index (κ3) is 2.83. The fraction of sp³-hybridized carbons (Fsp3) is 0.286. The van der Waals surface area contributed by atoms with Gasteiger partial charge in [-0.2, -0.15) is 0 Å². The van der Waals surface area contributed by atoms with Crippen molar-refractivity contribution in [1.82, 2.24) is 18.9 Å². The molecule has 0 saturated carbocycles. The highest BCUT2D eigenvalue weighted by molar-refractivity contribution is 5.81. The Labute approximate surface area is 148 Å². The Morgan fingerprint density at radius 3 is 2.48 bits per heavy atom. The van der Waals surface area contributed by atoms with Crippen molar-refractivity contribution in [1.29, 1.82) is 0 Å². The van der Waals surface area contributed by atoms with Crippen LogP contribution >= 0.6 is 0 Å². The predicted octanol–water partition coefficient (Wildman–Crippen LogP) is 4.08. The first-order chi connectivity index (χ1) is 12.2. The van der Waals surface area contributed by atoms with Gasteiger partial charge in [-0.05, 0) is 43.8 Å². The molecule has 0 aliphatic rings. The maximum atomic E-state index is 4.88. The van der Waals surface area contributed by atoms with Gasteiger partial charge in [0.2, 0.25) is 5.78 Å². The lowest BCUT2D eigenvalue weighted by Gasteiger charge is -2.13. The molecule has 4 rings (SSSR count). The van der Waals surface area contributed by atoms with Gasteiger partial charge in [0, 0.05) is 19.3 Å². The summed E-state index contributed by atoms with van der Waals surface area (Å²) in [5.74, 6) is 1.01. The fourth-order valence-corrected chi connectivity index (χ4v) is 3.31. The highest BCUT2D eigenvalue weighted by Crippen LogP contribution is 2.27. The molecule has 0 aliphatic heterocycles. The van der Waals surface area contributed by atoms with Crippen molar-refractivity contribution in [3.05, 3.63) is 60.3 Å². The first-order valence-corrected chi connectivity index (χ1v) is 8.87. The molecule has 2 aromatic heterocycles. The average molecular weight is 332 g/mol. The van der Waals surface area contributed by atoms with Gasteiger partial charge in [0.25, 0.3) is 0 Å². The zero-order valence-electron chi connectivity index (χ0n) is 15.1. The predicted molar refractivity (Wildman–Crippen MR) is 104 cm³/mol. The van der Waals surface area contributed by atoms with Crippen molar-refractivity contribution in [3.8, 4) is 11.3 Å². The standard InChI is InChI=1S/C21H24N4/c1-4-16-9-11-17(12-10-16)20-15-25-19-8-6-5-7-18(19)22-21(25)24(20)14-13-23(2)3/h5-12,15H,4,13-14H2,1-3H3. The minimum absolute atomic E-state index is 0.914. The van der Waals surface area contributed by atoms with Gasteiger partial charge in [-0.3, -0.25) is 4.40 Å². The van der Waals surface area contributed by atoms with E-state index < -0.39 is 0 Å². The molecular formula is C21H24N4. The van der Waals surface area contributed by atoms with Crippen LogP contribution in [0.5, 0.6) is 0 Å². The number of nitrogens with zero attached hydrogens (tertiary/aromatic N) is 4. The second kappa shape index (κ2) is 6.37. The van der Waals surface area contributed by atoms with Crippen molar-refractivity contribution in [2.75, 3.05) is 20.6 Å². The topological polar surface area (TPSA) is 25.5 Å². The Kier molecular flexibility index (Phi) is 4.06. The van der Waals surface area contributed by atoms with E-state index in [0.29, 0.717) is 0 Å². The molecule has 0 fully saturated rings. The van der Waals surface area contributed by atoms with E-state index in [1.165, 1.54) is 16.8 Å². The molecule has 0 saturated heterocycles. The summed E-state index contributed by atoms with van der Waals surface area (Å²) in [4.78, 5) is 7.09. The zero-order valence-corrected chi connectivity index (χ0v) is 15.1. The highest BCUT2D eigenvalue weighted by Gasteiger charge is 2.15. The maximum absolute atomic E-state index is 4.88. The van der Waals surface area contributed by atoms with Crippen LogP contribution in [0.25, 0.3) is 28.1 Å². The highest BCUT2D eigenvalue weighted by atomic mass is 15.2. The van der Waals surface area contributed by atoms with Gasteiger partial charge in [-0.15, -0.1) is 0 Å².